The molecule has 0 bridgehead atoms. The van der Waals surface area contributed by atoms with Gasteiger partial charge in [-0.3, -0.25) is 9.69 Å². The first-order valence-corrected chi connectivity index (χ1v) is 9.43. The highest BCUT2D eigenvalue weighted by Crippen LogP contribution is 2.33. The number of hydrogen-bond donors (Lipinski definition) is 1. The molecule has 4 nitrogen and oxygen atoms in total. The van der Waals surface area contributed by atoms with Gasteiger partial charge in [-0.15, -0.1) is 0 Å². The number of methoxy groups -OCH3 is 1. The number of rotatable bonds is 6. The topological polar surface area (TPSA) is 41.6 Å². The molecule has 1 amide bonds. The fraction of sp³-hybridized carbons (Fsp3) is 0.650. The third-order valence-electron chi connectivity index (χ3n) is 5.44. The first-order chi connectivity index (χ1) is 11.8. The summed E-state index contributed by atoms with van der Waals surface area (Å²) in [5.41, 5.74) is 1.31. The molecule has 2 fully saturated rings. The zero-order valence-electron chi connectivity index (χ0n) is 14.8. The van der Waals surface area contributed by atoms with Crippen molar-refractivity contribution < 1.29 is 9.53 Å². The van der Waals surface area contributed by atoms with Gasteiger partial charge in [-0.2, -0.15) is 0 Å². The molecule has 1 aliphatic carbocycles. The summed E-state index contributed by atoms with van der Waals surface area (Å²) in [7, 11) is 1.71. The predicted octanol–water partition coefficient (Wildman–Crippen LogP) is 3.67. The zero-order valence-corrected chi connectivity index (χ0v) is 14.8. The summed E-state index contributed by atoms with van der Waals surface area (Å²) in [5, 5.41) is 3.23. The maximum Gasteiger partial charge on any atom is 0.221 e. The Hall–Kier alpha value is -1.55. The summed E-state index contributed by atoms with van der Waals surface area (Å²) in [6.45, 7) is 1.93. The van der Waals surface area contributed by atoms with Crippen molar-refractivity contribution in [2.45, 2.75) is 63.5 Å². The lowest BCUT2D eigenvalue weighted by molar-refractivity contribution is -0.122. The predicted molar refractivity (Wildman–Crippen MR) is 96.2 cm³/mol. The molecule has 1 N–H and O–H groups in total. The van der Waals surface area contributed by atoms with Crippen LogP contribution < -0.4 is 10.1 Å². The van der Waals surface area contributed by atoms with Crippen LogP contribution in [0, 0.1) is 0 Å². The van der Waals surface area contributed by atoms with Gasteiger partial charge < -0.3 is 10.1 Å². The fourth-order valence-corrected chi connectivity index (χ4v) is 4.11. The van der Waals surface area contributed by atoms with E-state index in [0.29, 0.717) is 18.5 Å². The fourth-order valence-electron chi connectivity index (χ4n) is 4.11. The number of nitrogens with one attached hydrogen (secondary N) is 1. The molecule has 3 rings (SSSR count). The van der Waals surface area contributed by atoms with Gasteiger partial charge in [0.15, 0.2) is 0 Å². The molecule has 1 saturated carbocycles. The van der Waals surface area contributed by atoms with Gasteiger partial charge in [0, 0.05) is 25.0 Å². The van der Waals surface area contributed by atoms with Crippen LogP contribution in [0.15, 0.2) is 24.3 Å². The van der Waals surface area contributed by atoms with Crippen molar-refractivity contribution in [3.63, 3.8) is 0 Å². The molecule has 1 unspecified atom stereocenters. The van der Waals surface area contributed by atoms with E-state index in [1.807, 2.05) is 6.07 Å². The van der Waals surface area contributed by atoms with Crippen LogP contribution in [0.25, 0.3) is 0 Å². The number of likely N-dealkylation sites (tertiary alicyclic amines) is 1. The minimum Gasteiger partial charge on any atom is -0.497 e. The SMILES string of the molecule is COc1cccc(C2CCCN2CCC(=O)NC2CCCCC2)c1. The lowest BCUT2D eigenvalue weighted by atomic mass is 9.95. The van der Waals surface area contributed by atoms with Crippen LogP contribution in [0.2, 0.25) is 0 Å². The smallest absolute Gasteiger partial charge is 0.221 e. The van der Waals surface area contributed by atoms with Crippen LogP contribution in [0.5, 0.6) is 5.75 Å². The second kappa shape index (κ2) is 8.52. The van der Waals surface area contributed by atoms with Crippen LogP contribution in [0.3, 0.4) is 0 Å². The Morgan fingerprint density at radius 2 is 2.04 bits per heavy atom. The molecule has 1 heterocycles. The van der Waals surface area contributed by atoms with E-state index in [-0.39, 0.29) is 5.91 Å². The molecule has 1 aromatic carbocycles. The van der Waals surface area contributed by atoms with Gasteiger partial charge in [0.1, 0.15) is 5.75 Å². The van der Waals surface area contributed by atoms with Crippen molar-refractivity contribution in [1.29, 1.82) is 0 Å². The number of benzene rings is 1. The molecule has 1 aromatic rings. The average molecular weight is 330 g/mol. The number of amides is 1. The molecular formula is C20H30N2O2. The summed E-state index contributed by atoms with van der Waals surface area (Å²) >= 11 is 0. The normalized spacial score (nSPS) is 22.5. The summed E-state index contributed by atoms with van der Waals surface area (Å²) in [6, 6.07) is 9.18. The number of nitrogens with zero attached hydrogens (tertiary/aromatic N) is 1. The van der Waals surface area contributed by atoms with E-state index in [4.69, 9.17) is 4.74 Å². The van der Waals surface area contributed by atoms with Crippen molar-refractivity contribution >= 4 is 5.91 Å². The Morgan fingerprint density at radius 3 is 2.83 bits per heavy atom. The van der Waals surface area contributed by atoms with Crippen LogP contribution in [0.4, 0.5) is 0 Å². The van der Waals surface area contributed by atoms with E-state index < -0.39 is 0 Å². The molecule has 4 heteroatoms. The zero-order chi connectivity index (χ0) is 16.8. The Morgan fingerprint density at radius 1 is 1.21 bits per heavy atom. The van der Waals surface area contributed by atoms with E-state index in [2.05, 4.69) is 28.4 Å². The monoisotopic (exact) mass is 330 g/mol. The standard InChI is InChI=1S/C20H30N2O2/c1-24-18-10-5-7-16(15-18)19-11-6-13-22(19)14-12-20(23)21-17-8-3-2-4-9-17/h5,7,10,15,17,19H,2-4,6,8-9,11-14H2,1H3,(H,21,23). The quantitative estimate of drug-likeness (QED) is 0.865. The summed E-state index contributed by atoms with van der Waals surface area (Å²) in [6.07, 6.45) is 9.12. The lowest BCUT2D eigenvalue weighted by Gasteiger charge is -2.26. The number of carbonyl (C=O) groups is 1. The molecule has 1 saturated heterocycles. The van der Waals surface area contributed by atoms with Gasteiger partial charge in [-0.05, 0) is 49.9 Å². The number of carbonyl (C=O) groups excluding carboxylic acids is 1. The molecule has 0 aromatic heterocycles. The van der Waals surface area contributed by atoms with Crippen LogP contribution in [-0.2, 0) is 4.79 Å². The molecule has 1 aliphatic heterocycles. The van der Waals surface area contributed by atoms with Crippen molar-refractivity contribution in [2.75, 3.05) is 20.2 Å². The van der Waals surface area contributed by atoms with Crippen LogP contribution in [0.1, 0.15) is 63.0 Å². The van der Waals surface area contributed by atoms with Gasteiger partial charge in [0.2, 0.25) is 5.91 Å². The summed E-state index contributed by atoms with van der Waals surface area (Å²) < 4.78 is 5.35. The van der Waals surface area contributed by atoms with Gasteiger partial charge in [-0.25, -0.2) is 0 Å². The van der Waals surface area contributed by atoms with Crippen LogP contribution in [-0.4, -0.2) is 37.0 Å². The first kappa shape index (κ1) is 17.3. The Bertz CT molecular complexity index is 540. The molecule has 0 spiro atoms. The Balaban J connectivity index is 1.51. The Kier molecular flexibility index (Phi) is 6.13. The molecular weight excluding hydrogens is 300 g/mol. The molecule has 24 heavy (non-hydrogen) atoms. The number of ether oxygens (including phenoxy) is 1. The van der Waals surface area contributed by atoms with E-state index >= 15 is 0 Å². The van der Waals surface area contributed by atoms with Gasteiger partial charge >= 0.3 is 0 Å². The largest absolute Gasteiger partial charge is 0.497 e. The second-order valence-corrected chi connectivity index (χ2v) is 7.12. The van der Waals surface area contributed by atoms with Crippen molar-refractivity contribution in [1.82, 2.24) is 10.2 Å². The molecule has 1 atom stereocenters. The van der Waals surface area contributed by atoms with Crippen LogP contribution >= 0.6 is 0 Å². The summed E-state index contributed by atoms with van der Waals surface area (Å²) in [5.74, 6) is 1.13. The minimum atomic E-state index is 0.221. The molecule has 132 valence electrons. The maximum atomic E-state index is 12.3. The third-order valence-corrected chi connectivity index (χ3v) is 5.44. The maximum absolute atomic E-state index is 12.3. The molecule has 2 aliphatic rings. The highest BCUT2D eigenvalue weighted by atomic mass is 16.5. The van der Waals surface area contributed by atoms with E-state index in [1.165, 1.54) is 31.2 Å². The van der Waals surface area contributed by atoms with Gasteiger partial charge in [0.25, 0.3) is 0 Å². The minimum absolute atomic E-state index is 0.221. The first-order valence-electron chi connectivity index (χ1n) is 9.43. The molecule has 0 radical (unpaired) electrons. The van der Waals surface area contributed by atoms with Crippen molar-refractivity contribution in [3.8, 4) is 5.75 Å². The number of hydrogen-bond acceptors (Lipinski definition) is 3. The van der Waals surface area contributed by atoms with E-state index in [0.717, 1.165) is 38.1 Å². The van der Waals surface area contributed by atoms with Crippen molar-refractivity contribution in [2.24, 2.45) is 0 Å². The third kappa shape index (κ3) is 4.50. The highest BCUT2D eigenvalue weighted by molar-refractivity contribution is 5.76. The van der Waals surface area contributed by atoms with Crippen molar-refractivity contribution in [3.05, 3.63) is 29.8 Å². The van der Waals surface area contributed by atoms with E-state index in [9.17, 15) is 4.79 Å². The highest BCUT2D eigenvalue weighted by Gasteiger charge is 2.26. The summed E-state index contributed by atoms with van der Waals surface area (Å²) in [4.78, 5) is 14.7. The average Bonchev–Trinajstić information content (AvgIpc) is 3.09. The lowest BCUT2D eigenvalue weighted by Crippen LogP contribution is -2.38. The Labute approximate surface area is 145 Å². The second-order valence-electron chi connectivity index (χ2n) is 7.12. The van der Waals surface area contributed by atoms with Gasteiger partial charge in [-0.1, -0.05) is 31.4 Å². The van der Waals surface area contributed by atoms with E-state index in [1.54, 1.807) is 7.11 Å². The van der Waals surface area contributed by atoms with Gasteiger partial charge in [0.05, 0.1) is 7.11 Å².